The molecule has 0 saturated heterocycles. The van der Waals surface area contributed by atoms with Gasteiger partial charge >= 0.3 is 0 Å². The summed E-state index contributed by atoms with van der Waals surface area (Å²) in [5, 5.41) is 13.4. The van der Waals surface area contributed by atoms with Crippen LogP contribution in [0.25, 0.3) is 0 Å². The second kappa shape index (κ2) is 10.5. The molecule has 0 amide bonds. The van der Waals surface area contributed by atoms with Crippen molar-refractivity contribution in [1.29, 1.82) is 0 Å². The first-order valence-electron chi connectivity index (χ1n) is 9.91. The fraction of sp³-hybridized carbons (Fsp3) is 0.240. The normalized spacial score (nSPS) is 11.5. The van der Waals surface area contributed by atoms with Crippen molar-refractivity contribution >= 4 is 5.71 Å². The van der Waals surface area contributed by atoms with Crippen molar-refractivity contribution in [3.05, 3.63) is 95.1 Å². The zero-order valence-corrected chi connectivity index (χ0v) is 17.7. The zero-order chi connectivity index (χ0) is 21.3. The Kier molecular flexibility index (Phi) is 7.46. The lowest BCUT2D eigenvalue weighted by atomic mass is 9.95. The van der Waals surface area contributed by atoms with Gasteiger partial charge in [-0.1, -0.05) is 65.8 Å². The molecule has 0 aliphatic rings. The van der Waals surface area contributed by atoms with Crippen LogP contribution in [-0.4, -0.2) is 43.6 Å². The Balaban J connectivity index is 1.90. The Labute approximate surface area is 178 Å². The summed E-state index contributed by atoms with van der Waals surface area (Å²) in [6.45, 7) is 1.70. The molecule has 3 aromatic rings. The van der Waals surface area contributed by atoms with E-state index >= 15 is 0 Å². The van der Waals surface area contributed by atoms with Crippen molar-refractivity contribution in [1.82, 2.24) is 4.90 Å². The molecule has 0 spiro atoms. The standard InChI is InChI=1S/C25H28N2O3/c1-27(18-19-10-6-4-7-11-19)15-14-21-16-23(29-2)24(30-3)17-22(21)25(26-28)20-12-8-5-9-13-20/h4-13,16-17,28H,14-15,18H2,1-3H3/b26-25-. The molecule has 3 aromatic carbocycles. The lowest BCUT2D eigenvalue weighted by molar-refractivity contribution is 0.319. The minimum atomic E-state index is 0.511. The van der Waals surface area contributed by atoms with Gasteiger partial charge in [-0.05, 0) is 36.7 Å². The summed E-state index contributed by atoms with van der Waals surface area (Å²) in [5.41, 5.74) is 4.48. The van der Waals surface area contributed by atoms with E-state index < -0.39 is 0 Å². The number of hydrogen-bond acceptors (Lipinski definition) is 5. The predicted molar refractivity (Wildman–Crippen MR) is 120 cm³/mol. The second-order valence-electron chi connectivity index (χ2n) is 7.15. The van der Waals surface area contributed by atoms with Gasteiger partial charge in [-0.25, -0.2) is 0 Å². The van der Waals surface area contributed by atoms with Crippen LogP contribution in [0, 0.1) is 0 Å². The molecule has 1 N–H and O–H groups in total. The van der Waals surface area contributed by atoms with Crippen molar-refractivity contribution in [2.24, 2.45) is 5.16 Å². The summed E-state index contributed by atoms with van der Waals surface area (Å²) in [7, 11) is 5.33. The van der Waals surface area contributed by atoms with Crippen LogP contribution in [0.5, 0.6) is 11.5 Å². The van der Waals surface area contributed by atoms with Gasteiger partial charge in [0.1, 0.15) is 5.71 Å². The molecule has 0 fully saturated rings. The van der Waals surface area contributed by atoms with Crippen LogP contribution in [0.4, 0.5) is 0 Å². The summed E-state index contributed by atoms with van der Waals surface area (Å²) in [4.78, 5) is 2.27. The molecule has 0 radical (unpaired) electrons. The molecule has 5 heteroatoms. The highest BCUT2D eigenvalue weighted by Crippen LogP contribution is 2.32. The van der Waals surface area contributed by atoms with Gasteiger partial charge in [0.2, 0.25) is 0 Å². The van der Waals surface area contributed by atoms with Crippen LogP contribution in [0.3, 0.4) is 0 Å². The minimum Gasteiger partial charge on any atom is -0.493 e. The largest absolute Gasteiger partial charge is 0.493 e. The molecule has 0 aliphatic carbocycles. The number of oxime groups is 1. The molecule has 156 valence electrons. The van der Waals surface area contributed by atoms with Gasteiger partial charge in [-0.15, -0.1) is 0 Å². The van der Waals surface area contributed by atoms with E-state index in [1.807, 2.05) is 48.5 Å². The average molecular weight is 405 g/mol. The molecular formula is C25H28N2O3. The third-order valence-corrected chi connectivity index (χ3v) is 5.07. The number of ether oxygens (including phenoxy) is 2. The summed E-state index contributed by atoms with van der Waals surface area (Å²) in [5.74, 6) is 1.26. The Morgan fingerprint density at radius 1 is 0.900 bits per heavy atom. The third kappa shape index (κ3) is 5.19. The number of hydrogen-bond donors (Lipinski definition) is 1. The van der Waals surface area contributed by atoms with Crippen LogP contribution < -0.4 is 9.47 Å². The molecule has 0 aromatic heterocycles. The van der Waals surface area contributed by atoms with Crippen LogP contribution in [0.2, 0.25) is 0 Å². The number of likely N-dealkylation sites (N-methyl/N-ethyl adjacent to an activating group) is 1. The van der Waals surface area contributed by atoms with Crippen molar-refractivity contribution in [2.75, 3.05) is 27.8 Å². The maximum Gasteiger partial charge on any atom is 0.161 e. The van der Waals surface area contributed by atoms with Gasteiger partial charge in [-0.2, -0.15) is 0 Å². The molecule has 0 aliphatic heterocycles. The summed E-state index contributed by atoms with van der Waals surface area (Å²) < 4.78 is 11.0. The molecular weight excluding hydrogens is 376 g/mol. The van der Waals surface area contributed by atoms with Crippen molar-refractivity contribution in [2.45, 2.75) is 13.0 Å². The highest BCUT2D eigenvalue weighted by atomic mass is 16.5. The van der Waals surface area contributed by atoms with Gasteiger partial charge in [0.15, 0.2) is 11.5 Å². The topological polar surface area (TPSA) is 54.3 Å². The molecule has 0 saturated carbocycles. The number of benzene rings is 3. The van der Waals surface area contributed by atoms with E-state index in [0.29, 0.717) is 17.2 Å². The quantitative estimate of drug-likeness (QED) is 0.322. The summed E-state index contributed by atoms with van der Waals surface area (Å²) >= 11 is 0. The first-order chi connectivity index (χ1) is 14.7. The Morgan fingerprint density at radius 3 is 2.10 bits per heavy atom. The van der Waals surface area contributed by atoms with Crippen LogP contribution in [0.1, 0.15) is 22.3 Å². The minimum absolute atomic E-state index is 0.511. The molecule has 30 heavy (non-hydrogen) atoms. The molecule has 5 nitrogen and oxygen atoms in total. The fourth-order valence-electron chi connectivity index (χ4n) is 3.50. The molecule has 3 rings (SSSR count). The molecule has 0 heterocycles. The highest BCUT2D eigenvalue weighted by Gasteiger charge is 2.18. The van der Waals surface area contributed by atoms with Crippen LogP contribution >= 0.6 is 0 Å². The Hall–Kier alpha value is -3.31. The smallest absolute Gasteiger partial charge is 0.161 e. The maximum atomic E-state index is 9.83. The summed E-state index contributed by atoms with van der Waals surface area (Å²) in [6, 6.07) is 23.9. The van der Waals surface area contributed by atoms with E-state index in [1.165, 1.54) is 5.56 Å². The van der Waals surface area contributed by atoms with Crippen molar-refractivity contribution in [3.63, 3.8) is 0 Å². The Morgan fingerprint density at radius 2 is 1.50 bits per heavy atom. The van der Waals surface area contributed by atoms with Gasteiger partial charge in [0.25, 0.3) is 0 Å². The van der Waals surface area contributed by atoms with Crippen molar-refractivity contribution in [3.8, 4) is 11.5 Å². The van der Waals surface area contributed by atoms with Gasteiger partial charge in [0.05, 0.1) is 14.2 Å². The fourth-order valence-corrected chi connectivity index (χ4v) is 3.50. The van der Waals surface area contributed by atoms with E-state index in [9.17, 15) is 5.21 Å². The van der Waals surface area contributed by atoms with Gasteiger partial charge < -0.3 is 19.6 Å². The van der Waals surface area contributed by atoms with Crippen molar-refractivity contribution < 1.29 is 14.7 Å². The highest BCUT2D eigenvalue weighted by molar-refractivity contribution is 6.13. The number of rotatable bonds is 9. The van der Waals surface area contributed by atoms with Gasteiger partial charge in [0, 0.05) is 24.2 Å². The molecule has 0 unspecified atom stereocenters. The number of nitrogens with zero attached hydrogens (tertiary/aromatic N) is 2. The SMILES string of the molecule is COc1cc(CCN(C)Cc2ccccc2)c(/C(=N\O)c2ccccc2)cc1OC. The molecule has 0 atom stereocenters. The lowest BCUT2D eigenvalue weighted by Gasteiger charge is -2.20. The Bertz CT molecular complexity index is 972. The maximum absolute atomic E-state index is 9.83. The van der Waals surface area contributed by atoms with E-state index in [0.717, 1.165) is 36.2 Å². The van der Waals surface area contributed by atoms with Gasteiger partial charge in [-0.3, -0.25) is 0 Å². The van der Waals surface area contributed by atoms with E-state index in [2.05, 4.69) is 41.4 Å². The first-order valence-corrected chi connectivity index (χ1v) is 9.91. The number of methoxy groups -OCH3 is 2. The molecule has 0 bridgehead atoms. The zero-order valence-electron chi connectivity index (χ0n) is 17.7. The van der Waals surface area contributed by atoms with E-state index in [4.69, 9.17) is 9.47 Å². The van der Waals surface area contributed by atoms with Crippen LogP contribution in [-0.2, 0) is 13.0 Å². The monoisotopic (exact) mass is 404 g/mol. The second-order valence-corrected chi connectivity index (χ2v) is 7.15. The van der Waals surface area contributed by atoms with E-state index in [-0.39, 0.29) is 0 Å². The predicted octanol–water partition coefficient (Wildman–Crippen LogP) is 4.60. The van der Waals surface area contributed by atoms with E-state index in [1.54, 1.807) is 14.2 Å². The van der Waals surface area contributed by atoms with Crippen LogP contribution in [0.15, 0.2) is 78.0 Å². The summed E-state index contributed by atoms with van der Waals surface area (Å²) in [6.07, 6.45) is 0.769. The lowest BCUT2D eigenvalue weighted by Crippen LogP contribution is -2.21. The average Bonchev–Trinajstić information content (AvgIpc) is 2.79. The third-order valence-electron chi connectivity index (χ3n) is 5.07. The first kappa shape index (κ1) is 21.4.